The van der Waals surface area contributed by atoms with Crippen molar-refractivity contribution in [2.24, 2.45) is 5.10 Å². The SMILES string of the molecule is COc1ccc(C2=NN3[C@@H](c4ccc(O)cc4)Oc4ccccc4[C@@H]3C2)cc1. The fourth-order valence-electron chi connectivity index (χ4n) is 3.85. The van der Waals surface area contributed by atoms with Crippen LogP contribution in [0.15, 0.2) is 77.9 Å². The van der Waals surface area contributed by atoms with Gasteiger partial charge in [-0.1, -0.05) is 18.2 Å². The highest BCUT2D eigenvalue weighted by atomic mass is 16.5. The summed E-state index contributed by atoms with van der Waals surface area (Å²) in [6.45, 7) is 0. The van der Waals surface area contributed by atoms with E-state index in [1.54, 1.807) is 19.2 Å². The van der Waals surface area contributed by atoms with Crippen LogP contribution in [0.3, 0.4) is 0 Å². The first-order valence-electron chi connectivity index (χ1n) is 9.28. The fourth-order valence-corrected chi connectivity index (χ4v) is 3.85. The Kier molecular flexibility index (Phi) is 3.93. The minimum Gasteiger partial charge on any atom is -0.508 e. The topological polar surface area (TPSA) is 54.3 Å². The molecule has 3 aromatic carbocycles. The van der Waals surface area contributed by atoms with Crippen LogP contribution < -0.4 is 9.47 Å². The summed E-state index contributed by atoms with van der Waals surface area (Å²) in [5, 5.41) is 16.6. The maximum Gasteiger partial charge on any atom is 0.213 e. The summed E-state index contributed by atoms with van der Waals surface area (Å²) in [6.07, 6.45) is 0.470. The molecule has 0 saturated heterocycles. The summed E-state index contributed by atoms with van der Waals surface area (Å²) in [7, 11) is 1.67. The van der Waals surface area contributed by atoms with Crippen LogP contribution in [-0.4, -0.2) is 22.9 Å². The Labute approximate surface area is 163 Å². The number of aromatic hydroxyl groups is 1. The van der Waals surface area contributed by atoms with Gasteiger partial charge in [0.2, 0.25) is 6.23 Å². The second kappa shape index (κ2) is 6.60. The van der Waals surface area contributed by atoms with Crippen LogP contribution in [0.4, 0.5) is 0 Å². The van der Waals surface area contributed by atoms with Gasteiger partial charge in [0.25, 0.3) is 0 Å². The molecule has 2 heterocycles. The lowest BCUT2D eigenvalue weighted by atomic mass is 9.96. The zero-order valence-electron chi connectivity index (χ0n) is 15.4. The lowest BCUT2D eigenvalue weighted by Gasteiger charge is -2.38. The molecule has 0 bridgehead atoms. The normalized spacial score (nSPS) is 20.0. The third kappa shape index (κ3) is 2.76. The second-order valence-corrected chi connectivity index (χ2v) is 6.97. The summed E-state index contributed by atoms with van der Waals surface area (Å²) in [4.78, 5) is 0. The molecule has 3 aromatic rings. The molecular weight excluding hydrogens is 352 g/mol. The molecule has 1 N–H and O–H groups in total. The van der Waals surface area contributed by atoms with Crippen molar-refractivity contribution in [1.82, 2.24) is 5.01 Å². The largest absolute Gasteiger partial charge is 0.508 e. The minimum absolute atomic E-state index is 0.112. The average Bonchev–Trinajstić information content (AvgIpc) is 3.20. The molecule has 0 spiro atoms. The quantitative estimate of drug-likeness (QED) is 0.728. The van der Waals surface area contributed by atoms with Gasteiger partial charge in [-0.25, -0.2) is 5.01 Å². The van der Waals surface area contributed by atoms with Crippen molar-refractivity contribution >= 4 is 5.71 Å². The molecule has 5 rings (SSSR count). The van der Waals surface area contributed by atoms with E-state index in [0.717, 1.165) is 40.3 Å². The van der Waals surface area contributed by atoms with Gasteiger partial charge in [0.15, 0.2) is 0 Å². The van der Waals surface area contributed by atoms with E-state index in [4.69, 9.17) is 14.6 Å². The van der Waals surface area contributed by atoms with Crippen LogP contribution >= 0.6 is 0 Å². The van der Waals surface area contributed by atoms with Gasteiger partial charge >= 0.3 is 0 Å². The van der Waals surface area contributed by atoms with E-state index in [9.17, 15) is 5.11 Å². The Balaban J connectivity index is 1.56. The zero-order valence-corrected chi connectivity index (χ0v) is 15.4. The van der Waals surface area contributed by atoms with Gasteiger partial charge in [0.05, 0.1) is 18.9 Å². The number of benzene rings is 3. The van der Waals surface area contributed by atoms with Crippen molar-refractivity contribution in [3.8, 4) is 17.2 Å². The third-order valence-corrected chi connectivity index (χ3v) is 5.30. The number of fused-ring (bicyclic) bond motifs is 3. The van der Waals surface area contributed by atoms with E-state index in [1.165, 1.54) is 0 Å². The van der Waals surface area contributed by atoms with Crippen molar-refractivity contribution in [1.29, 1.82) is 0 Å². The number of phenols is 1. The number of ether oxygens (including phenoxy) is 2. The Morgan fingerprint density at radius 1 is 1.00 bits per heavy atom. The van der Waals surface area contributed by atoms with E-state index < -0.39 is 0 Å². The molecule has 2 aliphatic rings. The summed E-state index contributed by atoms with van der Waals surface area (Å²) in [6, 6.07) is 23.4. The molecule has 0 aromatic heterocycles. The van der Waals surface area contributed by atoms with Gasteiger partial charge in [-0.05, 0) is 60.2 Å². The molecule has 140 valence electrons. The number of para-hydroxylation sites is 1. The summed E-state index contributed by atoms with van der Waals surface area (Å²) in [5.74, 6) is 1.95. The van der Waals surface area contributed by atoms with Crippen LogP contribution in [0.1, 0.15) is 35.4 Å². The summed E-state index contributed by atoms with van der Waals surface area (Å²) in [5.41, 5.74) is 4.20. The number of rotatable bonds is 3. The maximum absolute atomic E-state index is 9.64. The molecule has 5 heteroatoms. The zero-order chi connectivity index (χ0) is 19.1. The number of hydrogen-bond donors (Lipinski definition) is 1. The standard InChI is InChI=1S/C23H20N2O3/c1-27-18-12-8-15(9-13-18)20-14-21-19-4-2-3-5-22(19)28-23(25(21)24-20)16-6-10-17(26)11-7-16/h2-13,21,23,26H,14H2,1H3/t21-,23+/m0/s1. The van der Waals surface area contributed by atoms with Crippen LogP contribution in [-0.2, 0) is 0 Å². The number of hydrazone groups is 1. The van der Waals surface area contributed by atoms with E-state index in [-0.39, 0.29) is 18.0 Å². The Bertz CT molecular complexity index is 1030. The molecule has 0 unspecified atom stereocenters. The van der Waals surface area contributed by atoms with Crippen molar-refractivity contribution < 1.29 is 14.6 Å². The summed E-state index contributed by atoms with van der Waals surface area (Å²) < 4.78 is 11.6. The Hall–Kier alpha value is -3.47. The van der Waals surface area contributed by atoms with Crippen LogP contribution in [0.5, 0.6) is 17.2 Å². The highest BCUT2D eigenvalue weighted by Crippen LogP contribution is 2.47. The van der Waals surface area contributed by atoms with Crippen LogP contribution in [0.2, 0.25) is 0 Å². The number of nitrogens with zero attached hydrogens (tertiary/aromatic N) is 2. The van der Waals surface area contributed by atoms with Crippen LogP contribution in [0, 0.1) is 0 Å². The molecule has 0 aliphatic carbocycles. The highest BCUT2D eigenvalue weighted by molar-refractivity contribution is 6.02. The first-order valence-corrected chi connectivity index (χ1v) is 9.28. The molecule has 0 saturated carbocycles. The molecule has 0 radical (unpaired) electrons. The van der Waals surface area contributed by atoms with Crippen molar-refractivity contribution in [3.63, 3.8) is 0 Å². The minimum atomic E-state index is -0.337. The first-order chi connectivity index (χ1) is 13.7. The fraction of sp³-hybridized carbons (Fsp3) is 0.174. The molecule has 28 heavy (non-hydrogen) atoms. The third-order valence-electron chi connectivity index (χ3n) is 5.30. The number of phenolic OH excluding ortho intramolecular Hbond substituents is 1. The monoisotopic (exact) mass is 372 g/mol. The molecule has 5 nitrogen and oxygen atoms in total. The van der Waals surface area contributed by atoms with E-state index in [0.29, 0.717) is 0 Å². The highest BCUT2D eigenvalue weighted by Gasteiger charge is 2.40. The second-order valence-electron chi connectivity index (χ2n) is 6.97. The van der Waals surface area contributed by atoms with Crippen LogP contribution in [0.25, 0.3) is 0 Å². The average molecular weight is 372 g/mol. The predicted molar refractivity (Wildman–Crippen MR) is 107 cm³/mol. The summed E-state index contributed by atoms with van der Waals surface area (Å²) >= 11 is 0. The molecule has 2 atom stereocenters. The van der Waals surface area contributed by atoms with Crippen molar-refractivity contribution in [2.45, 2.75) is 18.7 Å². The van der Waals surface area contributed by atoms with E-state index in [2.05, 4.69) is 6.07 Å². The smallest absolute Gasteiger partial charge is 0.213 e. The maximum atomic E-state index is 9.64. The number of hydrogen-bond acceptors (Lipinski definition) is 5. The molecule has 2 aliphatic heterocycles. The Morgan fingerprint density at radius 2 is 1.75 bits per heavy atom. The molecular formula is C23H20N2O3. The van der Waals surface area contributed by atoms with Crippen molar-refractivity contribution in [3.05, 3.63) is 89.5 Å². The predicted octanol–water partition coefficient (Wildman–Crippen LogP) is 4.64. The van der Waals surface area contributed by atoms with E-state index in [1.807, 2.05) is 59.6 Å². The van der Waals surface area contributed by atoms with Gasteiger partial charge in [-0.3, -0.25) is 0 Å². The van der Waals surface area contributed by atoms with Crippen molar-refractivity contribution in [2.75, 3.05) is 7.11 Å². The van der Waals surface area contributed by atoms with Gasteiger partial charge in [-0.15, -0.1) is 0 Å². The number of methoxy groups -OCH3 is 1. The van der Waals surface area contributed by atoms with E-state index >= 15 is 0 Å². The molecule has 0 amide bonds. The lowest BCUT2D eigenvalue weighted by molar-refractivity contribution is -0.0190. The van der Waals surface area contributed by atoms with Gasteiger partial charge in [-0.2, -0.15) is 5.10 Å². The molecule has 0 fully saturated rings. The van der Waals surface area contributed by atoms with Gasteiger partial charge < -0.3 is 14.6 Å². The first kappa shape index (κ1) is 16.7. The van der Waals surface area contributed by atoms with Gasteiger partial charge in [0, 0.05) is 17.5 Å². The Morgan fingerprint density at radius 3 is 2.50 bits per heavy atom. The van der Waals surface area contributed by atoms with Gasteiger partial charge in [0.1, 0.15) is 17.2 Å². The lowest BCUT2D eigenvalue weighted by Crippen LogP contribution is -2.33.